The zero-order valence-electron chi connectivity index (χ0n) is 15.2. The summed E-state index contributed by atoms with van der Waals surface area (Å²) in [7, 11) is 1.37. The number of hydrogen-bond acceptors (Lipinski definition) is 6. The van der Waals surface area contributed by atoms with Crippen molar-refractivity contribution in [2.24, 2.45) is 10.9 Å². The number of nitrogens with zero attached hydrogens (tertiary/aromatic N) is 1. The van der Waals surface area contributed by atoms with E-state index in [4.69, 9.17) is 14.2 Å². The average molecular weight is 397 g/mol. The van der Waals surface area contributed by atoms with E-state index in [0.29, 0.717) is 0 Å². The van der Waals surface area contributed by atoms with Crippen molar-refractivity contribution in [2.45, 2.75) is 19.0 Å². The quantitative estimate of drug-likeness (QED) is 0.715. The van der Waals surface area contributed by atoms with E-state index in [9.17, 15) is 22.8 Å². The minimum atomic E-state index is -4.67. The highest BCUT2D eigenvalue weighted by Crippen LogP contribution is 2.46. The Labute approximate surface area is 159 Å². The molecule has 28 heavy (non-hydrogen) atoms. The van der Waals surface area contributed by atoms with Gasteiger partial charge < -0.3 is 14.2 Å². The van der Waals surface area contributed by atoms with Gasteiger partial charge in [-0.2, -0.15) is 13.2 Å². The molecule has 2 unspecified atom stereocenters. The Morgan fingerprint density at radius 2 is 2.00 bits per heavy atom. The highest BCUT2D eigenvalue weighted by molar-refractivity contribution is 6.12. The lowest BCUT2D eigenvalue weighted by Crippen LogP contribution is -2.34. The second-order valence-corrected chi connectivity index (χ2v) is 6.27. The highest BCUT2D eigenvalue weighted by Gasteiger charge is 2.50. The molecule has 1 fully saturated rings. The van der Waals surface area contributed by atoms with Crippen LogP contribution in [0.5, 0.6) is 0 Å². The summed E-state index contributed by atoms with van der Waals surface area (Å²) in [5, 5.41) is 0. The van der Waals surface area contributed by atoms with Crippen molar-refractivity contribution >= 4 is 17.7 Å². The van der Waals surface area contributed by atoms with E-state index in [0.717, 1.165) is 6.07 Å². The first-order valence-corrected chi connectivity index (χ1v) is 8.58. The number of esters is 2. The molecule has 150 valence electrons. The maximum atomic E-state index is 13.7. The van der Waals surface area contributed by atoms with Crippen LogP contribution in [0.25, 0.3) is 0 Å². The van der Waals surface area contributed by atoms with Crippen LogP contribution < -0.4 is 0 Å². The lowest BCUT2D eigenvalue weighted by molar-refractivity contribution is -0.144. The second-order valence-electron chi connectivity index (χ2n) is 6.27. The molecular formula is C19H18F3NO5. The summed E-state index contributed by atoms with van der Waals surface area (Å²) >= 11 is 0. The molecule has 0 saturated carbocycles. The zero-order chi connectivity index (χ0) is 20.5. The molecular weight excluding hydrogens is 379 g/mol. The Kier molecular flexibility index (Phi) is 5.55. The minimum Gasteiger partial charge on any atom is -0.463 e. The Balaban J connectivity index is 2.27. The van der Waals surface area contributed by atoms with Crippen LogP contribution in [-0.4, -0.2) is 44.6 Å². The van der Waals surface area contributed by atoms with Crippen LogP contribution in [0.1, 0.15) is 24.0 Å². The van der Waals surface area contributed by atoms with Crippen LogP contribution in [0.15, 0.2) is 40.5 Å². The molecule has 2 atom stereocenters. The zero-order valence-corrected chi connectivity index (χ0v) is 15.2. The molecule has 1 aromatic rings. The van der Waals surface area contributed by atoms with Crippen molar-refractivity contribution in [2.75, 3.05) is 26.9 Å². The van der Waals surface area contributed by atoms with E-state index in [1.54, 1.807) is 6.92 Å². The predicted octanol–water partition coefficient (Wildman–Crippen LogP) is 2.88. The molecule has 0 aromatic heterocycles. The second kappa shape index (κ2) is 7.75. The summed E-state index contributed by atoms with van der Waals surface area (Å²) in [4.78, 5) is 29.3. The number of cyclic esters (lactones) is 1. The number of carbonyl (C=O) groups excluding carboxylic acids is 2. The maximum Gasteiger partial charge on any atom is 0.416 e. The minimum absolute atomic E-state index is 0.0158. The van der Waals surface area contributed by atoms with Gasteiger partial charge in [-0.25, -0.2) is 4.79 Å². The number of alkyl halides is 3. The summed E-state index contributed by atoms with van der Waals surface area (Å²) < 4.78 is 56.1. The first-order chi connectivity index (χ1) is 13.3. The Bertz CT molecular complexity index is 859. The van der Waals surface area contributed by atoms with E-state index in [2.05, 4.69) is 4.99 Å². The van der Waals surface area contributed by atoms with Crippen LogP contribution in [-0.2, 0) is 30.0 Å². The first kappa shape index (κ1) is 20.1. The van der Waals surface area contributed by atoms with E-state index in [1.807, 2.05) is 0 Å². The van der Waals surface area contributed by atoms with Crippen LogP contribution in [0.2, 0.25) is 0 Å². The van der Waals surface area contributed by atoms with Crippen molar-refractivity contribution in [1.82, 2.24) is 0 Å². The number of rotatable bonds is 5. The summed E-state index contributed by atoms with van der Waals surface area (Å²) in [5.41, 5.74) is -0.852. The highest BCUT2D eigenvalue weighted by atomic mass is 19.4. The maximum absolute atomic E-state index is 13.7. The molecule has 2 aliphatic heterocycles. The summed E-state index contributed by atoms with van der Waals surface area (Å²) in [6.45, 7) is 1.33. The Morgan fingerprint density at radius 1 is 1.29 bits per heavy atom. The summed E-state index contributed by atoms with van der Waals surface area (Å²) in [5.74, 6) is -3.91. The monoisotopic (exact) mass is 397 g/mol. The topological polar surface area (TPSA) is 74.2 Å². The van der Waals surface area contributed by atoms with Crippen LogP contribution in [0.4, 0.5) is 13.2 Å². The number of methoxy groups -OCH3 is 1. The molecule has 0 spiro atoms. The standard InChI is InChI=1S/C19H18F3NO5/c1-3-27-17(24)15-12(8-26-2)23-13-9-28-18(25)16(13)14(15)10-6-4-5-7-11(10)19(20,21)22/h4-7,14,16H,3,8-9H2,1-2H3. The van der Waals surface area contributed by atoms with Crippen LogP contribution >= 0.6 is 0 Å². The van der Waals surface area contributed by atoms with E-state index in [1.165, 1.54) is 25.3 Å². The van der Waals surface area contributed by atoms with Gasteiger partial charge in [0.25, 0.3) is 0 Å². The SMILES string of the molecule is CCOC(=O)C1=C(COC)N=C2COC(=O)C2C1c1ccccc1C(F)(F)F. The predicted molar refractivity (Wildman–Crippen MR) is 91.6 cm³/mol. The van der Waals surface area contributed by atoms with Gasteiger partial charge in [0, 0.05) is 13.0 Å². The van der Waals surface area contributed by atoms with Gasteiger partial charge in [0.15, 0.2) is 0 Å². The van der Waals surface area contributed by atoms with Gasteiger partial charge in [0.05, 0.1) is 35.8 Å². The van der Waals surface area contributed by atoms with Crippen LogP contribution in [0, 0.1) is 5.92 Å². The normalized spacial score (nSPS) is 21.9. The van der Waals surface area contributed by atoms with Gasteiger partial charge in [0.1, 0.15) is 12.5 Å². The third kappa shape index (κ3) is 3.54. The Hall–Kier alpha value is -2.68. The molecule has 0 aliphatic carbocycles. The largest absolute Gasteiger partial charge is 0.463 e. The van der Waals surface area contributed by atoms with Crippen LogP contribution in [0.3, 0.4) is 0 Å². The number of hydrogen-bond donors (Lipinski definition) is 0. The molecule has 0 bridgehead atoms. The van der Waals surface area contributed by atoms with Gasteiger partial charge in [-0.3, -0.25) is 9.79 Å². The first-order valence-electron chi connectivity index (χ1n) is 8.58. The molecule has 1 saturated heterocycles. The summed E-state index contributed by atoms with van der Waals surface area (Å²) in [6, 6.07) is 4.85. The fourth-order valence-corrected chi connectivity index (χ4v) is 3.53. The molecule has 2 heterocycles. The lowest BCUT2D eigenvalue weighted by atomic mass is 9.74. The van der Waals surface area contributed by atoms with E-state index in [-0.39, 0.29) is 42.4 Å². The van der Waals surface area contributed by atoms with Crippen molar-refractivity contribution in [3.05, 3.63) is 46.7 Å². The third-order valence-electron chi connectivity index (χ3n) is 4.59. The summed E-state index contributed by atoms with van der Waals surface area (Å²) in [6.07, 6.45) is -4.67. The molecule has 0 N–H and O–H groups in total. The number of benzene rings is 1. The third-order valence-corrected chi connectivity index (χ3v) is 4.59. The van der Waals surface area contributed by atoms with Crippen molar-refractivity contribution in [1.29, 1.82) is 0 Å². The average Bonchev–Trinajstić information content (AvgIpc) is 3.01. The molecule has 0 radical (unpaired) electrons. The molecule has 6 nitrogen and oxygen atoms in total. The molecule has 1 aromatic carbocycles. The smallest absolute Gasteiger partial charge is 0.416 e. The fraction of sp³-hybridized carbons (Fsp3) is 0.421. The number of ether oxygens (including phenoxy) is 3. The van der Waals surface area contributed by atoms with Gasteiger partial charge in [0.2, 0.25) is 0 Å². The number of carbonyl (C=O) groups is 2. The molecule has 9 heteroatoms. The lowest BCUT2D eigenvalue weighted by Gasteiger charge is -2.30. The van der Waals surface area contributed by atoms with Crippen molar-refractivity contribution < 1.29 is 37.0 Å². The molecule has 3 rings (SSSR count). The van der Waals surface area contributed by atoms with Gasteiger partial charge in [-0.15, -0.1) is 0 Å². The molecule has 0 amide bonds. The fourth-order valence-electron chi connectivity index (χ4n) is 3.53. The van der Waals surface area contributed by atoms with Gasteiger partial charge >= 0.3 is 18.1 Å². The number of fused-ring (bicyclic) bond motifs is 1. The van der Waals surface area contributed by atoms with E-state index >= 15 is 0 Å². The number of aliphatic imine (C=N–C) groups is 1. The number of halogens is 3. The van der Waals surface area contributed by atoms with Crippen molar-refractivity contribution in [3.8, 4) is 0 Å². The molecule has 2 aliphatic rings. The van der Waals surface area contributed by atoms with Gasteiger partial charge in [-0.05, 0) is 18.6 Å². The van der Waals surface area contributed by atoms with E-state index < -0.39 is 35.5 Å². The Morgan fingerprint density at radius 3 is 2.64 bits per heavy atom. The van der Waals surface area contributed by atoms with Gasteiger partial charge in [-0.1, -0.05) is 18.2 Å². The van der Waals surface area contributed by atoms with Crippen molar-refractivity contribution in [3.63, 3.8) is 0 Å².